The van der Waals surface area contributed by atoms with Crippen LogP contribution in [0.4, 0.5) is 5.82 Å². The van der Waals surface area contributed by atoms with Crippen LogP contribution in [0.3, 0.4) is 0 Å². The molecule has 0 amide bonds. The van der Waals surface area contributed by atoms with Gasteiger partial charge in [0.05, 0.1) is 29.5 Å². The van der Waals surface area contributed by atoms with Gasteiger partial charge >= 0.3 is 0 Å². The third kappa shape index (κ3) is 4.74. The van der Waals surface area contributed by atoms with Crippen LogP contribution in [0.25, 0.3) is 0 Å². The minimum Gasteiger partial charge on any atom is -0.390 e. The van der Waals surface area contributed by atoms with Crippen LogP contribution in [0.15, 0.2) is 12.4 Å². The van der Waals surface area contributed by atoms with Gasteiger partial charge in [0.15, 0.2) is 0 Å². The van der Waals surface area contributed by atoms with E-state index in [1.165, 1.54) is 0 Å². The van der Waals surface area contributed by atoms with E-state index < -0.39 is 5.60 Å². The minimum atomic E-state index is -0.661. The Morgan fingerprint density at radius 1 is 1.21 bits per heavy atom. The molecule has 3 heterocycles. The van der Waals surface area contributed by atoms with Crippen molar-refractivity contribution in [3.05, 3.63) is 18.1 Å². The maximum Gasteiger partial charge on any atom is 0.132 e. The fourth-order valence-electron chi connectivity index (χ4n) is 5.28. The molecule has 0 aromatic carbocycles. The highest BCUT2D eigenvalue weighted by Gasteiger charge is 2.42. The topological polar surface area (TPSA) is 82.5 Å². The number of rotatable bonds is 5. The number of nitrogens with zero attached hydrogens (tertiary/aromatic N) is 3. The summed E-state index contributed by atoms with van der Waals surface area (Å²) in [6.45, 7) is 9.89. The van der Waals surface area contributed by atoms with Gasteiger partial charge in [-0.05, 0) is 59.8 Å². The van der Waals surface area contributed by atoms with Crippen LogP contribution < -0.4 is 15.8 Å². The molecule has 1 saturated carbocycles. The third-order valence-corrected chi connectivity index (χ3v) is 6.91. The van der Waals surface area contributed by atoms with E-state index >= 15 is 0 Å². The van der Waals surface area contributed by atoms with Crippen molar-refractivity contribution in [3.8, 4) is 0 Å². The number of hydrogen-bond donors (Lipinski definition) is 3. The fraction of sp³-hybridized carbons (Fsp3) is 0.818. The predicted octanol–water partition coefficient (Wildman–Crippen LogP) is 2.58. The quantitative estimate of drug-likeness (QED) is 0.697. The minimum absolute atomic E-state index is 0.176. The first-order valence-electron chi connectivity index (χ1n) is 11.3. The second-order valence-corrected chi connectivity index (χ2v) is 9.90. The Bertz CT molecular complexity index is 692. The number of ether oxygens (including phenoxy) is 1. The highest BCUT2D eigenvalue weighted by atomic mass is 16.5. The zero-order chi connectivity index (χ0) is 20.6. The van der Waals surface area contributed by atoms with Crippen LogP contribution in [0.1, 0.15) is 71.5 Å². The van der Waals surface area contributed by atoms with Gasteiger partial charge in [0, 0.05) is 37.0 Å². The summed E-state index contributed by atoms with van der Waals surface area (Å²) >= 11 is 0. The van der Waals surface area contributed by atoms with Crippen LogP contribution in [0, 0.1) is 11.8 Å². The molecule has 0 bridgehead atoms. The molecule has 0 radical (unpaired) electrons. The first kappa shape index (κ1) is 21.0. The lowest BCUT2D eigenvalue weighted by Crippen LogP contribution is -2.45. The molecule has 29 heavy (non-hydrogen) atoms. The molecule has 4 rings (SSSR count). The first-order valence-corrected chi connectivity index (χ1v) is 11.3. The van der Waals surface area contributed by atoms with E-state index in [4.69, 9.17) is 4.74 Å². The van der Waals surface area contributed by atoms with Gasteiger partial charge in [-0.1, -0.05) is 0 Å². The molecule has 1 aromatic heterocycles. The number of aromatic nitrogens is 2. The molecule has 1 aliphatic carbocycles. The summed E-state index contributed by atoms with van der Waals surface area (Å²) in [6, 6.07) is 2.79. The van der Waals surface area contributed by atoms with E-state index in [2.05, 4.69) is 45.6 Å². The predicted molar refractivity (Wildman–Crippen MR) is 113 cm³/mol. The van der Waals surface area contributed by atoms with Gasteiger partial charge in [-0.15, -0.1) is 0 Å². The molecule has 0 spiro atoms. The number of nitrogens with one attached hydrogen (secondary N) is 2. The van der Waals surface area contributed by atoms with E-state index in [0.717, 1.165) is 56.7 Å². The Morgan fingerprint density at radius 3 is 2.79 bits per heavy atom. The second kappa shape index (κ2) is 8.46. The van der Waals surface area contributed by atoms with E-state index in [1.54, 1.807) is 6.33 Å². The third-order valence-electron chi connectivity index (χ3n) is 6.91. The molecule has 5 unspecified atom stereocenters. The molecule has 3 fully saturated rings. The standard InChI is InChI=1S/C22H37N5O2/c1-14(2)29-16-7-8-18-17(10-16)21(26-25-18)19-11-20(24-13-23-19)27-9-5-6-15(12-27)22(3,4)28/h11,13-18,21,25-26,28H,5-10,12H2,1-4H3. The van der Waals surface area contributed by atoms with Gasteiger partial charge in [0.2, 0.25) is 0 Å². The molecule has 7 heteroatoms. The van der Waals surface area contributed by atoms with Gasteiger partial charge in [0.1, 0.15) is 12.1 Å². The Balaban J connectivity index is 1.48. The SMILES string of the molecule is CC(C)OC1CCC2NNC(c3cc(N4CCCC(C(C)(C)O)C4)ncn3)C2C1. The Kier molecular flexibility index (Phi) is 6.11. The Labute approximate surface area is 174 Å². The molecule has 2 saturated heterocycles. The van der Waals surface area contributed by atoms with Gasteiger partial charge in [0.25, 0.3) is 0 Å². The Morgan fingerprint density at radius 2 is 2.03 bits per heavy atom. The maximum absolute atomic E-state index is 10.5. The van der Waals surface area contributed by atoms with Crippen LogP contribution in [0.2, 0.25) is 0 Å². The number of hydrogen-bond acceptors (Lipinski definition) is 7. The summed E-state index contributed by atoms with van der Waals surface area (Å²) in [7, 11) is 0. The van der Waals surface area contributed by atoms with Crippen LogP contribution in [0.5, 0.6) is 0 Å². The van der Waals surface area contributed by atoms with E-state index in [1.807, 2.05) is 13.8 Å². The molecule has 2 aliphatic heterocycles. The number of piperidine rings is 1. The van der Waals surface area contributed by atoms with Crippen molar-refractivity contribution in [3.63, 3.8) is 0 Å². The number of fused-ring (bicyclic) bond motifs is 1. The summed E-state index contributed by atoms with van der Waals surface area (Å²) < 4.78 is 6.13. The summed E-state index contributed by atoms with van der Waals surface area (Å²) in [6.07, 6.45) is 7.73. The second-order valence-electron chi connectivity index (χ2n) is 9.90. The fourth-order valence-corrected chi connectivity index (χ4v) is 5.28. The summed E-state index contributed by atoms with van der Waals surface area (Å²) in [5, 5.41) is 10.5. The lowest BCUT2D eigenvalue weighted by molar-refractivity contribution is -0.0276. The number of hydrazine groups is 1. The molecule has 162 valence electrons. The number of aliphatic hydroxyl groups is 1. The monoisotopic (exact) mass is 403 g/mol. The van der Waals surface area contributed by atoms with Gasteiger partial charge in [-0.3, -0.25) is 5.43 Å². The molecular weight excluding hydrogens is 366 g/mol. The lowest BCUT2D eigenvalue weighted by Gasteiger charge is -2.39. The summed E-state index contributed by atoms with van der Waals surface area (Å²) in [5.41, 5.74) is 7.38. The molecule has 3 aliphatic rings. The lowest BCUT2D eigenvalue weighted by atomic mass is 9.79. The van der Waals surface area contributed by atoms with Crippen LogP contribution in [-0.4, -0.2) is 52.0 Å². The molecule has 1 aromatic rings. The number of anilines is 1. The van der Waals surface area contributed by atoms with Crippen LogP contribution >= 0.6 is 0 Å². The smallest absolute Gasteiger partial charge is 0.132 e. The van der Waals surface area contributed by atoms with Crippen molar-refractivity contribution in [1.82, 2.24) is 20.8 Å². The average Bonchev–Trinajstić information content (AvgIpc) is 3.10. The average molecular weight is 404 g/mol. The summed E-state index contributed by atoms with van der Waals surface area (Å²) in [4.78, 5) is 11.5. The van der Waals surface area contributed by atoms with Crippen molar-refractivity contribution in [2.24, 2.45) is 11.8 Å². The highest BCUT2D eigenvalue weighted by molar-refractivity contribution is 5.40. The normalized spacial score (nSPS) is 33.2. The zero-order valence-corrected chi connectivity index (χ0v) is 18.3. The van der Waals surface area contributed by atoms with E-state index in [9.17, 15) is 5.11 Å². The zero-order valence-electron chi connectivity index (χ0n) is 18.3. The van der Waals surface area contributed by atoms with Crippen molar-refractivity contribution < 1.29 is 9.84 Å². The Hall–Kier alpha value is -1.28. The molecule has 3 N–H and O–H groups in total. The van der Waals surface area contributed by atoms with Gasteiger partial charge in [-0.2, -0.15) is 0 Å². The highest BCUT2D eigenvalue weighted by Crippen LogP contribution is 2.39. The van der Waals surface area contributed by atoms with E-state index in [0.29, 0.717) is 18.1 Å². The van der Waals surface area contributed by atoms with Gasteiger partial charge < -0.3 is 14.7 Å². The molecule has 7 nitrogen and oxygen atoms in total. The molecular formula is C22H37N5O2. The maximum atomic E-state index is 10.5. The van der Waals surface area contributed by atoms with Crippen molar-refractivity contribution in [2.75, 3.05) is 18.0 Å². The van der Waals surface area contributed by atoms with E-state index in [-0.39, 0.29) is 18.1 Å². The molecule has 5 atom stereocenters. The van der Waals surface area contributed by atoms with Crippen molar-refractivity contribution in [1.29, 1.82) is 0 Å². The largest absolute Gasteiger partial charge is 0.390 e. The van der Waals surface area contributed by atoms with Crippen molar-refractivity contribution >= 4 is 5.82 Å². The van der Waals surface area contributed by atoms with Crippen molar-refractivity contribution in [2.45, 2.75) is 89.7 Å². The van der Waals surface area contributed by atoms with Gasteiger partial charge in [-0.25, -0.2) is 15.4 Å². The first-order chi connectivity index (χ1) is 13.8. The summed E-state index contributed by atoms with van der Waals surface area (Å²) in [5.74, 6) is 1.71. The van der Waals surface area contributed by atoms with Crippen LogP contribution in [-0.2, 0) is 4.74 Å².